The fourth-order valence-electron chi connectivity index (χ4n) is 1.98. The van der Waals surface area contributed by atoms with E-state index in [9.17, 15) is 0 Å². The molecule has 2 aromatic rings. The second kappa shape index (κ2) is 6.30. The molecule has 0 aromatic carbocycles. The van der Waals surface area contributed by atoms with Crippen LogP contribution in [0.15, 0.2) is 33.7 Å². The molecule has 0 atom stereocenters. The smallest absolute Gasteiger partial charge is 0.143 e. The van der Waals surface area contributed by atoms with Crippen molar-refractivity contribution in [2.45, 2.75) is 37.2 Å². The molecule has 0 aliphatic rings. The Bertz CT molecular complexity index is 556. The van der Waals surface area contributed by atoms with Crippen LogP contribution in [0.1, 0.15) is 39.3 Å². The quantitative estimate of drug-likeness (QED) is 0.702. The van der Waals surface area contributed by atoms with Crippen LogP contribution in [0, 0.1) is 0 Å². The van der Waals surface area contributed by atoms with Crippen molar-refractivity contribution in [2.24, 2.45) is 0 Å². The second-order valence-corrected chi connectivity index (χ2v) is 9.65. The molecule has 2 rings (SSSR count). The fourth-order valence-corrected chi connectivity index (χ4v) is 4.05. The molecular formula is C14H16Br2N4S. The highest BCUT2D eigenvalue weighted by molar-refractivity contribution is 9.10. The summed E-state index contributed by atoms with van der Waals surface area (Å²) in [6.45, 7) is 8.45. The Hall–Kier alpha value is -0.530. The van der Waals surface area contributed by atoms with Crippen LogP contribution in [0.4, 0.5) is 0 Å². The lowest BCUT2D eigenvalue weighted by atomic mass is 10.2. The second-order valence-electron chi connectivity index (χ2n) is 5.57. The van der Waals surface area contributed by atoms with Gasteiger partial charge in [0.25, 0.3) is 0 Å². The summed E-state index contributed by atoms with van der Waals surface area (Å²) in [6, 6.07) is 0. The van der Waals surface area contributed by atoms with Gasteiger partial charge in [0.1, 0.15) is 11.6 Å². The number of hydrogen-bond donors (Lipinski definition) is 0. The van der Waals surface area contributed by atoms with Gasteiger partial charge in [-0.1, -0.05) is 0 Å². The largest absolute Gasteiger partial charge is 0.239 e. The van der Waals surface area contributed by atoms with Crippen LogP contribution >= 0.6 is 43.6 Å². The molecule has 4 nitrogen and oxygen atoms in total. The summed E-state index contributed by atoms with van der Waals surface area (Å²) in [4.78, 5) is 17.7. The fraction of sp³-hybridized carbons (Fsp3) is 0.429. The average molecular weight is 432 g/mol. The van der Waals surface area contributed by atoms with Gasteiger partial charge in [0.05, 0.1) is 18.4 Å². The van der Waals surface area contributed by atoms with E-state index in [0.717, 1.165) is 20.6 Å². The van der Waals surface area contributed by atoms with Crippen LogP contribution in [0.3, 0.4) is 0 Å². The van der Waals surface area contributed by atoms with E-state index in [0.29, 0.717) is 0 Å². The average Bonchev–Trinajstić information content (AvgIpc) is 2.38. The molecule has 0 bridgehead atoms. The Kier molecular flexibility index (Phi) is 5.05. The van der Waals surface area contributed by atoms with E-state index in [4.69, 9.17) is 0 Å². The van der Waals surface area contributed by atoms with Gasteiger partial charge >= 0.3 is 0 Å². The van der Waals surface area contributed by atoms with Gasteiger partial charge in [-0.15, -0.1) is 11.8 Å². The van der Waals surface area contributed by atoms with Crippen molar-refractivity contribution in [2.75, 3.05) is 0 Å². The maximum Gasteiger partial charge on any atom is 0.143 e. The molecule has 0 amide bonds. The highest BCUT2D eigenvalue weighted by Gasteiger charge is 2.35. The summed E-state index contributed by atoms with van der Waals surface area (Å²) < 4.78 is 1.26. The molecule has 0 aliphatic carbocycles. The number of halogens is 2. The van der Waals surface area contributed by atoms with Crippen molar-refractivity contribution in [3.63, 3.8) is 0 Å². The lowest BCUT2D eigenvalue weighted by molar-refractivity contribution is 0.650. The summed E-state index contributed by atoms with van der Waals surface area (Å²) in [7, 11) is 0. The topological polar surface area (TPSA) is 51.6 Å². The maximum absolute atomic E-state index is 4.41. The summed E-state index contributed by atoms with van der Waals surface area (Å²) in [5, 5.41) is 0. The number of aromatic nitrogens is 4. The molecule has 0 saturated heterocycles. The van der Waals surface area contributed by atoms with Crippen LogP contribution in [0.5, 0.6) is 0 Å². The summed E-state index contributed by atoms with van der Waals surface area (Å²) >= 11 is 8.46. The third-order valence-electron chi connectivity index (χ3n) is 2.83. The molecule has 0 fully saturated rings. The summed E-state index contributed by atoms with van der Waals surface area (Å²) in [6.07, 6.45) is 7.09. The molecule has 0 radical (unpaired) electrons. The zero-order chi connectivity index (χ0) is 15.7. The first-order chi connectivity index (χ1) is 9.71. The third kappa shape index (κ3) is 4.23. The minimum absolute atomic E-state index is 0.249. The van der Waals surface area contributed by atoms with Crippen molar-refractivity contribution in [3.05, 3.63) is 45.4 Å². The predicted octanol–water partition coefficient (Wildman–Crippen LogP) is 4.70. The van der Waals surface area contributed by atoms with Gasteiger partial charge in [0.2, 0.25) is 0 Å². The van der Waals surface area contributed by atoms with Crippen LogP contribution < -0.4 is 0 Å². The first-order valence-corrected chi connectivity index (χ1v) is 8.77. The van der Waals surface area contributed by atoms with Crippen molar-refractivity contribution < 1.29 is 0 Å². The molecule has 7 heteroatoms. The van der Waals surface area contributed by atoms with Gasteiger partial charge in [-0.2, -0.15) is 0 Å². The molecule has 0 saturated carbocycles. The van der Waals surface area contributed by atoms with Crippen LogP contribution in [-0.4, -0.2) is 19.9 Å². The Morgan fingerprint density at radius 3 is 1.29 bits per heavy atom. The van der Waals surface area contributed by atoms with E-state index in [1.807, 2.05) is 0 Å². The van der Waals surface area contributed by atoms with Gasteiger partial charge in [-0.05, 0) is 59.6 Å². The molecule has 0 unspecified atom stereocenters. The van der Waals surface area contributed by atoms with Gasteiger partial charge in [-0.3, -0.25) is 0 Å². The molecule has 0 spiro atoms. The van der Waals surface area contributed by atoms with Gasteiger partial charge in [0.15, 0.2) is 0 Å². The number of thioether (sulfide) groups is 1. The number of rotatable bonds is 4. The molecule has 2 aromatic heterocycles. The normalized spacial score (nSPS) is 12.5. The monoisotopic (exact) mass is 430 g/mol. The van der Waals surface area contributed by atoms with E-state index < -0.39 is 0 Å². The van der Waals surface area contributed by atoms with E-state index in [1.165, 1.54) is 0 Å². The Morgan fingerprint density at radius 2 is 1.00 bits per heavy atom. The molecule has 0 N–H and O–H groups in total. The van der Waals surface area contributed by atoms with Gasteiger partial charge in [0, 0.05) is 24.8 Å². The number of nitrogens with zero attached hydrogens (tertiary/aromatic N) is 4. The standard InChI is InChI=1S/C14H16Br2N4S/c1-13(2,11-17-5-9(15)6-18-11)21-14(3,4)12-19-7-10(16)8-20-12/h5-8H,1-4H3. The molecule has 112 valence electrons. The minimum atomic E-state index is -0.249. The van der Waals surface area contributed by atoms with E-state index in [-0.39, 0.29) is 9.49 Å². The summed E-state index contributed by atoms with van der Waals surface area (Å²) in [5.74, 6) is 1.58. The van der Waals surface area contributed by atoms with Crippen molar-refractivity contribution in [3.8, 4) is 0 Å². The lowest BCUT2D eigenvalue weighted by Crippen LogP contribution is -2.26. The first kappa shape index (κ1) is 16.8. The maximum atomic E-state index is 4.41. The van der Waals surface area contributed by atoms with E-state index in [1.54, 1.807) is 36.5 Å². The van der Waals surface area contributed by atoms with Crippen LogP contribution in [0.25, 0.3) is 0 Å². The predicted molar refractivity (Wildman–Crippen MR) is 93.1 cm³/mol. The molecule has 2 heterocycles. The zero-order valence-corrected chi connectivity index (χ0v) is 16.3. The van der Waals surface area contributed by atoms with Crippen molar-refractivity contribution in [1.82, 2.24) is 19.9 Å². The lowest BCUT2D eigenvalue weighted by Gasteiger charge is -2.32. The molecule has 21 heavy (non-hydrogen) atoms. The minimum Gasteiger partial charge on any atom is -0.239 e. The Morgan fingerprint density at radius 1 is 0.714 bits per heavy atom. The molecule has 0 aliphatic heterocycles. The SMILES string of the molecule is CC(C)(SC(C)(C)c1ncc(Br)cn1)c1ncc(Br)cn1. The van der Waals surface area contributed by atoms with E-state index >= 15 is 0 Å². The molecular weight excluding hydrogens is 416 g/mol. The van der Waals surface area contributed by atoms with Crippen molar-refractivity contribution in [1.29, 1.82) is 0 Å². The third-order valence-corrected chi connectivity index (χ3v) is 5.03. The first-order valence-electron chi connectivity index (χ1n) is 6.37. The van der Waals surface area contributed by atoms with Crippen LogP contribution in [-0.2, 0) is 9.49 Å². The van der Waals surface area contributed by atoms with Gasteiger partial charge in [-0.25, -0.2) is 19.9 Å². The highest BCUT2D eigenvalue weighted by Crippen LogP contribution is 2.46. The van der Waals surface area contributed by atoms with Gasteiger partial charge < -0.3 is 0 Å². The van der Waals surface area contributed by atoms with Crippen molar-refractivity contribution >= 4 is 43.6 Å². The van der Waals surface area contributed by atoms with Crippen LogP contribution in [0.2, 0.25) is 0 Å². The Balaban J connectivity index is 2.25. The van der Waals surface area contributed by atoms with E-state index in [2.05, 4.69) is 79.5 Å². The highest BCUT2D eigenvalue weighted by atomic mass is 79.9. The Labute approximate surface area is 145 Å². The summed E-state index contributed by atoms with van der Waals surface area (Å²) in [5.41, 5.74) is 0. The zero-order valence-electron chi connectivity index (χ0n) is 12.3. The number of hydrogen-bond acceptors (Lipinski definition) is 5.